The van der Waals surface area contributed by atoms with Crippen molar-refractivity contribution in [1.82, 2.24) is 0 Å². The number of anilines is 1. The fraction of sp³-hybridized carbons (Fsp3) is 0.200. The number of hydrogen-bond donors (Lipinski definition) is 0. The van der Waals surface area contributed by atoms with Gasteiger partial charge in [-0.3, -0.25) is 9.90 Å². The van der Waals surface area contributed by atoms with Crippen molar-refractivity contribution in [3.63, 3.8) is 0 Å². The average Bonchev–Trinajstić information content (AvgIpc) is 2.90. The summed E-state index contributed by atoms with van der Waals surface area (Å²) in [6, 6.07) is 20.7. The molecule has 0 saturated carbocycles. The van der Waals surface area contributed by atoms with E-state index in [0.29, 0.717) is 0 Å². The van der Waals surface area contributed by atoms with Gasteiger partial charge in [-0.15, -0.1) is 0 Å². The molecule has 1 fully saturated rings. The smallest absolute Gasteiger partial charge is 0.112 e. The maximum Gasteiger partial charge on any atom is 0.112 e. The summed E-state index contributed by atoms with van der Waals surface area (Å²) in [5.41, 5.74) is 2.39. The molecule has 1 unspecified atom stereocenters. The van der Waals surface area contributed by atoms with E-state index in [1.165, 1.54) is 5.56 Å². The third kappa shape index (κ3) is 2.17. The molecule has 0 N–H and O–H groups in total. The molecule has 2 heteroatoms. The van der Waals surface area contributed by atoms with Gasteiger partial charge in [-0.1, -0.05) is 48.5 Å². The molecule has 1 aliphatic rings. The van der Waals surface area contributed by atoms with E-state index in [9.17, 15) is 0 Å². The van der Waals surface area contributed by atoms with Crippen molar-refractivity contribution in [3.05, 3.63) is 66.2 Å². The second kappa shape index (κ2) is 4.60. The van der Waals surface area contributed by atoms with Crippen LogP contribution in [0, 0.1) is 0 Å². The minimum atomic E-state index is 0.191. The van der Waals surface area contributed by atoms with Gasteiger partial charge in [0.2, 0.25) is 0 Å². The summed E-state index contributed by atoms with van der Waals surface area (Å²) >= 11 is 0. The first-order valence-corrected chi connectivity index (χ1v) is 5.98. The molecule has 0 amide bonds. The quantitative estimate of drug-likeness (QED) is 0.774. The van der Waals surface area contributed by atoms with Gasteiger partial charge in [0.25, 0.3) is 0 Å². The molecule has 86 valence electrons. The molecule has 0 spiro atoms. The van der Waals surface area contributed by atoms with E-state index < -0.39 is 0 Å². The zero-order valence-electron chi connectivity index (χ0n) is 9.62. The van der Waals surface area contributed by atoms with Crippen molar-refractivity contribution in [2.24, 2.45) is 0 Å². The van der Waals surface area contributed by atoms with Crippen LogP contribution in [0.5, 0.6) is 0 Å². The zero-order chi connectivity index (χ0) is 11.5. The summed E-state index contributed by atoms with van der Waals surface area (Å²) < 4.78 is 0. The highest BCUT2D eigenvalue weighted by Gasteiger charge is 2.24. The lowest BCUT2D eigenvalue weighted by Gasteiger charge is -2.18. The van der Waals surface area contributed by atoms with Gasteiger partial charge >= 0.3 is 0 Å². The van der Waals surface area contributed by atoms with Crippen molar-refractivity contribution < 1.29 is 4.84 Å². The molecule has 0 radical (unpaired) electrons. The Morgan fingerprint density at radius 1 is 0.882 bits per heavy atom. The highest BCUT2D eigenvalue weighted by atomic mass is 16.7. The van der Waals surface area contributed by atoms with E-state index in [2.05, 4.69) is 36.4 Å². The number of benzene rings is 2. The molecule has 0 aliphatic carbocycles. The van der Waals surface area contributed by atoms with Gasteiger partial charge in [-0.25, -0.2) is 0 Å². The highest BCUT2D eigenvalue weighted by molar-refractivity contribution is 5.44. The zero-order valence-corrected chi connectivity index (χ0v) is 9.62. The molecule has 1 saturated heterocycles. The number of rotatable bonds is 2. The molecule has 1 atom stereocenters. The van der Waals surface area contributed by atoms with E-state index >= 15 is 0 Å². The first-order chi connectivity index (χ1) is 8.43. The number of para-hydroxylation sites is 1. The molecule has 2 aromatic rings. The lowest BCUT2D eigenvalue weighted by molar-refractivity contribution is 0.0879. The van der Waals surface area contributed by atoms with Gasteiger partial charge in [-0.2, -0.15) is 0 Å². The largest absolute Gasteiger partial charge is 0.265 e. The molecule has 0 aromatic heterocycles. The lowest BCUT2D eigenvalue weighted by atomic mass is 10.1. The van der Waals surface area contributed by atoms with Gasteiger partial charge in [0.15, 0.2) is 0 Å². The van der Waals surface area contributed by atoms with E-state index in [1.807, 2.05) is 29.3 Å². The summed E-state index contributed by atoms with van der Waals surface area (Å²) in [5, 5.41) is 1.98. The molecular formula is C15H15NO. The van der Waals surface area contributed by atoms with E-state index in [4.69, 9.17) is 4.84 Å². The summed E-state index contributed by atoms with van der Waals surface area (Å²) in [6.45, 7) is 0.948. The monoisotopic (exact) mass is 225 g/mol. The molecule has 2 nitrogen and oxygen atoms in total. The van der Waals surface area contributed by atoms with Crippen molar-refractivity contribution in [2.75, 3.05) is 11.6 Å². The Balaban J connectivity index is 1.75. The van der Waals surface area contributed by atoms with Crippen molar-refractivity contribution in [2.45, 2.75) is 12.5 Å². The highest BCUT2D eigenvalue weighted by Crippen LogP contribution is 2.31. The second-order valence-electron chi connectivity index (χ2n) is 4.23. The SMILES string of the molecule is c1ccc(C2CCN(c3ccccc3)O2)cc1. The van der Waals surface area contributed by atoms with Crippen molar-refractivity contribution in [3.8, 4) is 0 Å². The van der Waals surface area contributed by atoms with Gasteiger partial charge in [-0.05, 0) is 17.7 Å². The molecule has 17 heavy (non-hydrogen) atoms. The van der Waals surface area contributed by atoms with Gasteiger partial charge < -0.3 is 0 Å². The Bertz CT molecular complexity index is 423. The Labute approximate surface area is 101 Å². The van der Waals surface area contributed by atoms with Crippen molar-refractivity contribution in [1.29, 1.82) is 0 Å². The predicted molar refractivity (Wildman–Crippen MR) is 68.7 cm³/mol. The van der Waals surface area contributed by atoms with Gasteiger partial charge in [0.1, 0.15) is 6.10 Å². The molecule has 2 aromatic carbocycles. The second-order valence-corrected chi connectivity index (χ2v) is 4.23. The van der Waals surface area contributed by atoms with Crippen LogP contribution in [0.1, 0.15) is 18.1 Å². The number of hydrogen-bond acceptors (Lipinski definition) is 2. The minimum Gasteiger partial charge on any atom is -0.265 e. The Kier molecular flexibility index (Phi) is 2.80. The van der Waals surface area contributed by atoms with E-state index in [0.717, 1.165) is 18.7 Å². The van der Waals surface area contributed by atoms with Crippen LogP contribution in [-0.4, -0.2) is 6.54 Å². The van der Waals surface area contributed by atoms with Gasteiger partial charge in [0, 0.05) is 13.0 Å². The van der Waals surface area contributed by atoms with Crippen LogP contribution in [0.15, 0.2) is 60.7 Å². The third-order valence-electron chi connectivity index (χ3n) is 3.06. The molecular weight excluding hydrogens is 210 g/mol. The lowest BCUT2D eigenvalue weighted by Crippen LogP contribution is -2.16. The van der Waals surface area contributed by atoms with E-state index in [-0.39, 0.29) is 6.10 Å². The fourth-order valence-electron chi connectivity index (χ4n) is 2.17. The van der Waals surface area contributed by atoms with Crippen LogP contribution in [0.25, 0.3) is 0 Å². The summed E-state index contributed by atoms with van der Waals surface area (Å²) in [6.07, 6.45) is 1.23. The Morgan fingerprint density at radius 3 is 2.24 bits per heavy atom. The van der Waals surface area contributed by atoms with Crippen LogP contribution < -0.4 is 5.06 Å². The van der Waals surface area contributed by atoms with Crippen molar-refractivity contribution >= 4 is 5.69 Å². The summed E-state index contributed by atoms with van der Waals surface area (Å²) in [5.74, 6) is 0. The maximum absolute atomic E-state index is 5.97. The Hall–Kier alpha value is -1.80. The normalized spacial score (nSPS) is 19.5. The summed E-state index contributed by atoms with van der Waals surface area (Å²) in [4.78, 5) is 5.97. The first kappa shape index (κ1) is 10.4. The number of nitrogens with zero attached hydrogens (tertiary/aromatic N) is 1. The van der Waals surface area contributed by atoms with Crippen LogP contribution in [-0.2, 0) is 4.84 Å². The maximum atomic E-state index is 5.97. The molecule has 0 bridgehead atoms. The fourth-order valence-corrected chi connectivity index (χ4v) is 2.17. The molecule has 3 rings (SSSR count). The third-order valence-corrected chi connectivity index (χ3v) is 3.06. The van der Waals surface area contributed by atoms with Crippen LogP contribution in [0.4, 0.5) is 5.69 Å². The standard InChI is InChI=1S/C15H15NO/c1-3-7-13(8-4-1)15-11-12-16(17-15)14-9-5-2-6-10-14/h1-10,15H,11-12H2. The topological polar surface area (TPSA) is 12.5 Å². The molecule has 1 aliphatic heterocycles. The minimum absolute atomic E-state index is 0.191. The summed E-state index contributed by atoms with van der Waals surface area (Å²) in [7, 11) is 0. The average molecular weight is 225 g/mol. The van der Waals surface area contributed by atoms with Crippen LogP contribution in [0.3, 0.4) is 0 Å². The van der Waals surface area contributed by atoms with Gasteiger partial charge in [0.05, 0.1) is 5.69 Å². The number of hydroxylamine groups is 1. The van der Waals surface area contributed by atoms with Crippen LogP contribution in [0.2, 0.25) is 0 Å². The van der Waals surface area contributed by atoms with E-state index in [1.54, 1.807) is 0 Å². The Morgan fingerprint density at radius 2 is 1.53 bits per heavy atom. The predicted octanol–water partition coefficient (Wildman–Crippen LogP) is 3.57. The molecule has 1 heterocycles. The first-order valence-electron chi connectivity index (χ1n) is 5.98. The van der Waals surface area contributed by atoms with Crippen LogP contribution >= 0.6 is 0 Å².